The molecule has 132 valence electrons. The van der Waals surface area contributed by atoms with Gasteiger partial charge in [0.1, 0.15) is 5.82 Å². The van der Waals surface area contributed by atoms with Crippen molar-refractivity contribution in [2.75, 3.05) is 20.1 Å². The Balaban J connectivity index is 0.00000288. The van der Waals surface area contributed by atoms with Gasteiger partial charge in [-0.25, -0.2) is 4.39 Å². The van der Waals surface area contributed by atoms with E-state index >= 15 is 0 Å². The number of halogens is 2. The highest BCUT2D eigenvalue weighted by Crippen LogP contribution is 2.10. The topological polar surface area (TPSA) is 54.2 Å². The molecule has 0 aliphatic carbocycles. The van der Waals surface area contributed by atoms with Gasteiger partial charge in [0.15, 0.2) is 5.96 Å². The van der Waals surface area contributed by atoms with Gasteiger partial charge in [-0.05, 0) is 49.1 Å². The van der Waals surface area contributed by atoms with Crippen LogP contribution in [-0.4, -0.2) is 35.9 Å². The second-order valence-corrected chi connectivity index (χ2v) is 5.37. The van der Waals surface area contributed by atoms with E-state index in [0.717, 1.165) is 49.6 Å². The summed E-state index contributed by atoms with van der Waals surface area (Å²) in [6.45, 7) is 4.40. The van der Waals surface area contributed by atoms with Gasteiger partial charge in [0.05, 0.1) is 0 Å². The lowest BCUT2D eigenvalue weighted by molar-refractivity contribution is 0.570. The molecule has 1 heterocycles. The van der Waals surface area contributed by atoms with Crippen LogP contribution in [-0.2, 0) is 13.0 Å². The van der Waals surface area contributed by atoms with E-state index in [1.807, 2.05) is 29.9 Å². The van der Waals surface area contributed by atoms with Crippen LogP contribution >= 0.6 is 24.0 Å². The van der Waals surface area contributed by atoms with Gasteiger partial charge >= 0.3 is 0 Å². The van der Waals surface area contributed by atoms with E-state index in [9.17, 15) is 4.39 Å². The Labute approximate surface area is 159 Å². The molecule has 0 radical (unpaired) electrons. The lowest BCUT2D eigenvalue weighted by Gasteiger charge is -2.12. The van der Waals surface area contributed by atoms with Crippen molar-refractivity contribution >= 4 is 29.9 Å². The van der Waals surface area contributed by atoms with Gasteiger partial charge < -0.3 is 10.6 Å². The fourth-order valence-corrected chi connectivity index (χ4v) is 2.36. The van der Waals surface area contributed by atoms with Gasteiger partial charge in [-0.2, -0.15) is 5.10 Å². The smallest absolute Gasteiger partial charge is 0.190 e. The van der Waals surface area contributed by atoms with Crippen LogP contribution in [0.3, 0.4) is 0 Å². The van der Waals surface area contributed by atoms with Crippen LogP contribution in [0.2, 0.25) is 0 Å². The average Bonchev–Trinajstić information content (AvgIpc) is 3.05. The molecule has 1 aromatic heterocycles. The average molecular weight is 445 g/mol. The predicted molar refractivity (Wildman–Crippen MR) is 106 cm³/mol. The maximum absolute atomic E-state index is 13.1. The van der Waals surface area contributed by atoms with Gasteiger partial charge in [-0.1, -0.05) is 6.07 Å². The zero-order valence-corrected chi connectivity index (χ0v) is 16.5. The number of nitrogens with zero attached hydrogens (tertiary/aromatic N) is 3. The minimum atomic E-state index is -0.186. The molecule has 2 N–H and O–H groups in total. The van der Waals surface area contributed by atoms with Crippen LogP contribution in [0.4, 0.5) is 4.39 Å². The molecule has 0 aliphatic heterocycles. The molecule has 0 fully saturated rings. The van der Waals surface area contributed by atoms with Gasteiger partial charge in [-0.3, -0.25) is 9.67 Å². The SMILES string of the molecule is CN=C(NCCCn1cccn1)NCCc1ccc(F)cc1C.I. The molecule has 0 saturated heterocycles. The Morgan fingerprint density at radius 3 is 2.75 bits per heavy atom. The first-order valence-electron chi connectivity index (χ1n) is 7.86. The summed E-state index contributed by atoms with van der Waals surface area (Å²) in [5, 5.41) is 10.7. The third kappa shape index (κ3) is 6.86. The molecule has 1 aromatic carbocycles. The van der Waals surface area contributed by atoms with E-state index in [1.54, 1.807) is 19.3 Å². The molecule has 2 aromatic rings. The summed E-state index contributed by atoms with van der Waals surface area (Å²) in [6, 6.07) is 6.83. The Morgan fingerprint density at radius 2 is 2.08 bits per heavy atom. The monoisotopic (exact) mass is 445 g/mol. The Kier molecular flexibility index (Phi) is 9.36. The van der Waals surface area contributed by atoms with Crippen LogP contribution in [0.1, 0.15) is 17.5 Å². The van der Waals surface area contributed by atoms with Gasteiger partial charge in [0.2, 0.25) is 0 Å². The quantitative estimate of drug-likeness (QED) is 0.298. The summed E-state index contributed by atoms with van der Waals surface area (Å²) in [5.74, 6) is 0.596. The molecule has 5 nitrogen and oxygen atoms in total. The molecular weight excluding hydrogens is 420 g/mol. The molecule has 2 rings (SSSR count). The maximum atomic E-state index is 13.1. The minimum absolute atomic E-state index is 0. The van der Waals surface area contributed by atoms with Crippen molar-refractivity contribution in [3.05, 3.63) is 53.6 Å². The maximum Gasteiger partial charge on any atom is 0.190 e. The van der Waals surface area contributed by atoms with Crippen LogP contribution in [0.5, 0.6) is 0 Å². The van der Waals surface area contributed by atoms with E-state index in [1.165, 1.54) is 6.07 Å². The normalized spacial score (nSPS) is 11.0. The Hall–Kier alpha value is -1.64. The number of guanidine groups is 1. The van der Waals surface area contributed by atoms with Crippen molar-refractivity contribution in [3.63, 3.8) is 0 Å². The van der Waals surface area contributed by atoms with Gasteiger partial charge in [-0.15, -0.1) is 24.0 Å². The van der Waals surface area contributed by atoms with Crippen molar-refractivity contribution in [2.24, 2.45) is 4.99 Å². The number of benzene rings is 1. The fraction of sp³-hybridized carbons (Fsp3) is 0.412. The van der Waals surface area contributed by atoms with Crippen molar-refractivity contribution in [1.29, 1.82) is 0 Å². The van der Waals surface area contributed by atoms with Crippen molar-refractivity contribution in [3.8, 4) is 0 Å². The second-order valence-electron chi connectivity index (χ2n) is 5.37. The molecule has 0 saturated carbocycles. The molecule has 0 bridgehead atoms. The zero-order chi connectivity index (χ0) is 16.5. The molecular formula is C17H25FIN5. The number of hydrogen-bond acceptors (Lipinski definition) is 2. The summed E-state index contributed by atoms with van der Waals surface area (Å²) < 4.78 is 15.0. The first kappa shape index (κ1) is 20.4. The Morgan fingerprint density at radius 1 is 1.29 bits per heavy atom. The highest BCUT2D eigenvalue weighted by molar-refractivity contribution is 14.0. The standard InChI is InChI=1S/C17H24FN5.HI/c1-14-13-16(18)6-5-15(14)7-10-21-17(19-2)20-8-3-11-23-12-4-9-22-23;/h4-6,9,12-13H,3,7-8,10-11H2,1-2H3,(H2,19,20,21);1H. The van der Waals surface area contributed by atoms with E-state index in [4.69, 9.17) is 0 Å². The van der Waals surface area contributed by atoms with Crippen molar-refractivity contribution < 1.29 is 4.39 Å². The van der Waals surface area contributed by atoms with Crippen LogP contribution in [0.15, 0.2) is 41.7 Å². The highest BCUT2D eigenvalue weighted by atomic mass is 127. The Bertz CT molecular complexity index is 628. The highest BCUT2D eigenvalue weighted by Gasteiger charge is 2.01. The third-order valence-corrected chi connectivity index (χ3v) is 3.63. The van der Waals surface area contributed by atoms with Gasteiger partial charge in [0, 0.05) is 39.1 Å². The van der Waals surface area contributed by atoms with E-state index in [2.05, 4.69) is 20.7 Å². The van der Waals surface area contributed by atoms with Gasteiger partial charge in [0.25, 0.3) is 0 Å². The third-order valence-electron chi connectivity index (χ3n) is 3.63. The molecule has 0 spiro atoms. The molecule has 24 heavy (non-hydrogen) atoms. The largest absolute Gasteiger partial charge is 0.356 e. The molecule has 0 aliphatic rings. The summed E-state index contributed by atoms with van der Waals surface area (Å²) in [7, 11) is 1.76. The number of aliphatic imine (C=N–C) groups is 1. The van der Waals surface area contributed by atoms with E-state index < -0.39 is 0 Å². The van der Waals surface area contributed by atoms with Crippen LogP contribution < -0.4 is 10.6 Å². The summed E-state index contributed by atoms with van der Waals surface area (Å²) in [5.41, 5.74) is 2.13. The first-order chi connectivity index (χ1) is 11.2. The minimum Gasteiger partial charge on any atom is -0.356 e. The number of rotatable bonds is 7. The number of nitrogens with one attached hydrogen (secondary N) is 2. The zero-order valence-electron chi connectivity index (χ0n) is 14.1. The lowest BCUT2D eigenvalue weighted by atomic mass is 10.1. The van der Waals surface area contributed by atoms with Crippen molar-refractivity contribution in [1.82, 2.24) is 20.4 Å². The number of hydrogen-bond donors (Lipinski definition) is 2. The summed E-state index contributed by atoms with van der Waals surface area (Å²) in [6.07, 6.45) is 5.54. The van der Waals surface area contributed by atoms with E-state index in [-0.39, 0.29) is 29.8 Å². The number of aryl methyl sites for hydroxylation is 2. The summed E-state index contributed by atoms with van der Waals surface area (Å²) in [4.78, 5) is 4.20. The van der Waals surface area contributed by atoms with E-state index in [0.29, 0.717) is 0 Å². The van der Waals surface area contributed by atoms with Crippen LogP contribution in [0.25, 0.3) is 0 Å². The molecule has 0 atom stereocenters. The predicted octanol–water partition coefficient (Wildman–Crippen LogP) is 2.75. The molecule has 0 amide bonds. The molecule has 7 heteroatoms. The van der Waals surface area contributed by atoms with Crippen molar-refractivity contribution in [2.45, 2.75) is 26.3 Å². The first-order valence-corrected chi connectivity index (χ1v) is 7.86. The lowest BCUT2D eigenvalue weighted by Crippen LogP contribution is -2.39. The number of aromatic nitrogens is 2. The fourth-order valence-electron chi connectivity index (χ4n) is 2.36. The summed E-state index contributed by atoms with van der Waals surface area (Å²) >= 11 is 0. The van der Waals surface area contributed by atoms with Crippen LogP contribution in [0, 0.1) is 12.7 Å². The second kappa shape index (κ2) is 11.0. The molecule has 0 unspecified atom stereocenters.